The van der Waals surface area contributed by atoms with Crippen LogP contribution in [-0.2, 0) is 42.1 Å². The van der Waals surface area contributed by atoms with Crippen LogP contribution in [-0.4, -0.2) is 78.6 Å². The number of benzene rings is 1. The minimum absolute atomic E-state index is 0.00331. The molecule has 0 spiro atoms. The number of aromatic nitrogens is 1. The lowest BCUT2D eigenvalue weighted by Crippen LogP contribution is -2.55. The number of nitrogens with one attached hydrogen (secondary N) is 4. The number of aliphatic hydroxyl groups excluding tert-OH is 1. The highest BCUT2D eigenvalue weighted by Gasteiger charge is 2.32. The van der Waals surface area contributed by atoms with Crippen molar-refractivity contribution in [2.75, 3.05) is 12.0 Å². The van der Waals surface area contributed by atoms with Gasteiger partial charge in [0.1, 0.15) is 28.5 Å². The van der Waals surface area contributed by atoms with E-state index in [2.05, 4.69) is 26.3 Å². The van der Waals surface area contributed by atoms with Gasteiger partial charge >= 0.3 is 6.09 Å². The quantitative estimate of drug-likeness (QED) is 0.147. The second-order valence-corrected chi connectivity index (χ2v) is 15.3. The first-order valence-corrected chi connectivity index (χ1v) is 18.2. The number of sulfone groups is 1. The Labute approximate surface area is 283 Å². The minimum Gasteiger partial charge on any atom is -0.445 e. The van der Waals surface area contributed by atoms with E-state index in [1.54, 1.807) is 25.3 Å². The van der Waals surface area contributed by atoms with Gasteiger partial charge in [-0.2, -0.15) is 0 Å². The maximum absolute atomic E-state index is 13.3. The molecule has 0 unspecified atom stereocenters. The summed E-state index contributed by atoms with van der Waals surface area (Å²) in [5.41, 5.74) is 1.52. The summed E-state index contributed by atoms with van der Waals surface area (Å²) in [6.45, 7) is 9.45. The van der Waals surface area contributed by atoms with Crippen LogP contribution in [0.5, 0.6) is 0 Å². The molecule has 48 heavy (non-hydrogen) atoms. The SMILES string of the molecule is CC(C)C[C@H](NC(=O)[C@H](C)C[C@H](O)[C@H](CC(C)C)NC(=O)[C@H](CS(C)(=O)=O)NC(=O)OCc1cccnc1)C(=O)NCc1ccccc1. The summed E-state index contributed by atoms with van der Waals surface area (Å²) >= 11 is 0. The number of aliphatic hydroxyl groups is 1. The summed E-state index contributed by atoms with van der Waals surface area (Å²) in [5.74, 6) is -2.90. The van der Waals surface area contributed by atoms with Gasteiger partial charge in [-0.05, 0) is 42.7 Å². The van der Waals surface area contributed by atoms with Gasteiger partial charge in [0.05, 0.1) is 17.9 Å². The predicted octanol–water partition coefficient (Wildman–Crippen LogP) is 2.49. The lowest BCUT2D eigenvalue weighted by Gasteiger charge is -2.29. The third kappa shape index (κ3) is 15.7. The second kappa shape index (κ2) is 19.7. The van der Waals surface area contributed by atoms with Gasteiger partial charge in [0, 0.05) is 36.7 Å². The monoisotopic (exact) mass is 689 g/mol. The van der Waals surface area contributed by atoms with Crippen molar-refractivity contribution in [3.05, 3.63) is 66.0 Å². The average molecular weight is 690 g/mol. The van der Waals surface area contributed by atoms with E-state index in [4.69, 9.17) is 4.74 Å². The van der Waals surface area contributed by atoms with Gasteiger partial charge in [-0.1, -0.05) is 71.0 Å². The van der Waals surface area contributed by atoms with Crippen LogP contribution in [0.3, 0.4) is 0 Å². The Kier molecular flexibility index (Phi) is 16.5. The highest BCUT2D eigenvalue weighted by molar-refractivity contribution is 7.90. The molecule has 0 saturated heterocycles. The van der Waals surface area contributed by atoms with Gasteiger partial charge in [0.2, 0.25) is 17.7 Å². The van der Waals surface area contributed by atoms with Gasteiger partial charge in [0.15, 0.2) is 0 Å². The Morgan fingerprint density at radius 3 is 2.02 bits per heavy atom. The summed E-state index contributed by atoms with van der Waals surface area (Å²) in [4.78, 5) is 56.0. The molecule has 1 heterocycles. The molecule has 0 aliphatic carbocycles. The van der Waals surface area contributed by atoms with Crippen LogP contribution in [0, 0.1) is 17.8 Å². The van der Waals surface area contributed by atoms with E-state index in [0.29, 0.717) is 24.9 Å². The molecule has 0 saturated carbocycles. The molecule has 0 fully saturated rings. The molecular weight excluding hydrogens is 638 g/mol. The molecule has 0 aliphatic heterocycles. The minimum atomic E-state index is -3.73. The van der Waals surface area contributed by atoms with E-state index in [9.17, 15) is 32.7 Å². The van der Waals surface area contributed by atoms with E-state index >= 15 is 0 Å². The zero-order valence-electron chi connectivity index (χ0n) is 28.6. The van der Waals surface area contributed by atoms with Crippen LogP contribution in [0.1, 0.15) is 65.0 Å². The van der Waals surface area contributed by atoms with Crippen molar-refractivity contribution in [1.29, 1.82) is 0 Å². The zero-order valence-corrected chi connectivity index (χ0v) is 29.5. The number of hydrogen-bond donors (Lipinski definition) is 5. The van der Waals surface area contributed by atoms with Crippen molar-refractivity contribution in [2.24, 2.45) is 17.8 Å². The third-order valence-corrected chi connectivity index (χ3v) is 8.32. The molecule has 4 amide bonds. The summed E-state index contributed by atoms with van der Waals surface area (Å²) in [6, 6.07) is 9.60. The van der Waals surface area contributed by atoms with Crippen molar-refractivity contribution in [3.63, 3.8) is 0 Å². The molecule has 5 N–H and O–H groups in total. The first kappa shape index (κ1) is 40.1. The van der Waals surface area contributed by atoms with Crippen LogP contribution in [0.25, 0.3) is 0 Å². The number of pyridine rings is 1. The van der Waals surface area contributed by atoms with Crippen molar-refractivity contribution < 1.29 is 37.4 Å². The normalized spacial score (nSPS) is 14.7. The largest absolute Gasteiger partial charge is 0.445 e. The molecule has 13 nitrogen and oxygen atoms in total. The number of nitrogens with zero attached hydrogens (tertiary/aromatic N) is 1. The van der Waals surface area contributed by atoms with Crippen LogP contribution in [0.4, 0.5) is 4.79 Å². The fourth-order valence-corrected chi connectivity index (χ4v) is 5.80. The molecule has 266 valence electrons. The standard InChI is InChI=1S/C34H51N5O8S/c1-22(2)15-27(37-33(43)29(21-48(6,45)46)39-34(44)47-20-26-13-10-14-35-18-26)30(40)17-24(5)31(41)38-28(16-23(3)4)32(42)36-19-25-11-8-7-9-12-25/h7-14,18,22-24,27-30,40H,15-17,19-21H2,1-6H3,(H,36,42)(H,37,43)(H,38,41)(H,39,44)/t24-,27+,28+,29+,30+/m1/s1. The molecule has 14 heteroatoms. The van der Waals surface area contributed by atoms with Gasteiger partial charge in [0.25, 0.3) is 0 Å². The van der Waals surface area contributed by atoms with Gasteiger partial charge < -0.3 is 31.1 Å². The zero-order chi connectivity index (χ0) is 35.9. The van der Waals surface area contributed by atoms with E-state index in [1.165, 1.54) is 6.20 Å². The topological polar surface area (TPSA) is 193 Å². The van der Waals surface area contributed by atoms with Crippen molar-refractivity contribution >= 4 is 33.7 Å². The average Bonchev–Trinajstić information content (AvgIpc) is 3.01. The Morgan fingerprint density at radius 1 is 0.792 bits per heavy atom. The Hall–Kier alpha value is -4.04. The molecular formula is C34H51N5O8S. The predicted molar refractivity (Wildman–Crippen MR) is 182 cm³/mol. The maximum atomic E-state index is 13.3. The molecule has 1 aromatic carbocycles. The van der Waals surface area contributed by atoms with E-state index in [-0.39, 0.29) is 30.8 Å². The summed E-state index contributed by atoms with van der Waals surface area (Å²) in [7, 11) is -3.73. The number of ether oxygens (including phenoxy) is 1. The molecule has 0 radical (unpaired) electrons. The van der Waals surface area contributed by atoms with Crippen LogP contribution < -0.4 is 21.3 Å². The van der Waals surface area contributed by atoms with Crippen molar-refractivity contribution in [2.45, 2.75) is 91.3 Å². The number of amides is 4. The molecule has 2 aromatic rings. The number of alkyl carbamates (subject to hydrolysis) is 1. The lowest BCUT2D eigenvalue weighted by molar-refractivity contribution is -0.132. The highest BCUT2D eigenvalue weighted by Crippen LogP contribution is 2.17. The summed E-state index contributed by atoms with van der Waals surface area (Å²) < 4.78 is 29.4. The van der Waals surface area contributed by atoms with Crippen LogP contribution >= 0.6 is 0 Å². The molecule has 1 aromatic heterocycles. The molecule has 0 aliphatic rings. The van der Waals surface area contributed by atoms with Gasteiger partial charge in [-0.15, -0.1) is 0 Å². The lowest BCUT2D eigenvalue weighted by atomic mass is 9.92. The number of carbonyl (C=O) groups is 4. The van der Waals surface area contributed by atoms with E-state index in [1.807, 2.05) is 58.0 Å². The van der Waals surface area contributed by atoms with Crippen molar-refractivity contribution in [3.8, 4) is 0 Å². The fourth-order valence-electron chi connectivity index (χ4n) is 4.96. The number of rotatable bonds is 19. The highest BCUT2D eigenvalue weighted by atomic mass is 32.2. The maximum Gasteiger partial charge on any atom is 0.408 e. The summed E-state index contributed by atoms with van der Waals surface area (Å²) in [6.07, 6.45) is 2.44. The first-order valence-electron chi connectivity index (χ1n) is 16.1. The van der Waals surface area contributed by atoms with E-state index in [0.717, 1.165) is 11.8 Å². The Balaban J connectivity index is 2.07. The Bertz CT molecular complexity index is 1420. The second-order valence-electron chi connectivity index (χ2n) is 13.1. The Morgan fingerprint density at radius 2 is 1.44 bits per heavy atom. The van der Waals surface area contributed by atoms with Gasteiger partial charge in [-0.3, -0.25) is 19.4 Å². The van der Waals surface area contributed by atoms with Crippen molar-refractivity contribution in [1.82, 2.24) is 26.3 Å². The van der Waals surface area contributed by atoms with Gasteiger partial charge in [-0.25, -0.2) is 13.2 Å². The van der Waals surface area contributed by atoms with E-state index < -0.39 is 63.6 Å². The van der Waals surface area contributed by atoms with Crippen LogP contribution in [0.2, 0.25) is 0 Å². The smallest absolute Gasteiger partial charge is 0.408 e. The molecule has 0 bridgehead atoms. The fraction of sp³-hybridized carbons (Fsp3) is 0.559. The third-order valence-electron chi connectivity index (χ3n) is 7.38. The molecule has 2 rings (SSSR count). The van der Waals surface area contributed by atoms with Crippen LogP contribution in [0.15, 0.2) is 54.9 Å². The first-order chi connectivity index (χ1) is 22.5. The number of carbonyl (C=O) groups excluding carboxylic acids is 4. The summed E-state index contributed by atoms with van der Waals surface area (Å²) in [5, 5.41) is 21.9. The number of hydrogen-bond acceptors (Lipinski definition) is 9. The molecule has 5 atom stereocenters.